The summed E-state index contributed by atoms with van der Waals surface area (Å²) in [5.74, 6) is 0. The molecule has 5 heteroatoms. The first-order valence-corrected chi connectivity index (χ1v) is 10.2. The normalized spacial score (nSPS) is 15.4. The van der Waals surface area contributed by atoms with Crippen LogP contribution in [0.2, 0.25) is 5.15 Å². The number of carbonyl (C=O) groups is 1. The molecule has 0 saturated heterocycles. The lowest BCUT2D eigenvalue weighted by Crippen LogP contribution is -2.43. The summed E-state index contributed by atoms with van der Waals surface area (Å²) >= 11 is 6.04. The van der Waals surface area contributed by atoms with Crippen LogP contribution in [0.4, 0.5) is 4.79 Å². The van der Waals surface area contributed by atoms with Gasteiger partial charge in [-0.3, -0.25) is 0 Å². The van der Waals surface area contributed by atoms with Gasteiger partial charge >= 0.3 is 6.09 Å². The molecule has 0 unspecified atom stereocenters. The Morgan fingerprint density at radius 2 is 1.69 bits per heavy atom. The first kappa shape index (κ1) is 19.5. The average Bonchev–Trinajstić information content (AvgIpc) is 2.77. The highest BCUT2D eigenvalue weighted by Gasteiger charge is 2.29. The zero-order valence-corrected chi connectivity index (χ0v) is 16.9. The predicted molar refractivity (Wildman–Crippen MR) is 114 cm³/mol. The van der Waals surface area contributed by atoms with Crippen LogP contribution >= 0.6 is 11.6 Å². The quantitative estimate of drug-likeness (QED) is 0.530. The number of aromatic nitrogens is 1. The molecule has 1 aromatic heterocycles. The van der Waals surface area contributed by atoms with Gasteiger partial charge in [0.25, 0.3) is 0 Å². The molecule has 0 N–H and O–H groups in total. The molecule has 1 heterocycles. The molecule has 1 aliphatic rings. The number of benzene rings is 2. The minimum Gasteiger partial charge on any atom is -0.445 e. The van der Waals surface area contributed by atoms with Crippen LogP contribution in [-0.2, 0) is 30.7 Å². The van der Waals surface area contributed by atoms with Gasteiger partial charge in [0.1, 0.15) is 11.8 Å². The summed E-state index contributed by atoms with van der Waals surface area (Å²) in [6.07, 6.45) is 2.12. The maximum absolute atomic E-state index is 13.1. The zero-order valence-electron chi connectivity index (χ0n) is 16.1. The highest BCUT2D eigenvalue weighted by molar-refractivity contribution is 6.29. The number of amides is 1. The van der Waals surface area contributed by atoms with Crippen molar-refractivity contribution in [3.8, 4) is 0 Å². The van der Waals surface area contributed by atoms with Gasteiger partial charge in [0.15, 0.2) is 0 Å². The second kappa shape index (κ2) is 9.10. The lowest BCUT2D eigenvalue weighted by atomic mass is 9.90. The Hall–Kier alpha value is -2.85. The molecule has 0 bridgehead atoms. The van der Waals surface area contributed by atoms with Gasteiger partial charge in [0, 0.05) is 18.3 Å². The van der Waals surface area contributed by atoms with E-state index in [1.54, 1.807) is 0 Å². The van der Waals surface area contributed by atoms with Gasteiger partial charge in [-0.05, 0) is 42.0 Å². The third kappa shape index (κ3) is 4.96. The van der Waals surface area contributed by atoms with Gasteiger partial charge in [-0.15, -0.1) is 0 Å². The molecule has 4 nitrogen and oxygen atoms in total. The number of hydrogen-bond donors (Lipinski definition) is 0. The predicted octanol–water partition coefficient (Wildman–Crippen LogP) is 5.43. The molecule has 0 spiro atoms. The molecule has 1 amide bonds. The van der Waals surface area contributed by atoms with Crippen molar-refractivity contribution < 1.29 is 9.53 Å². The SMILES string of the molecule is O=C(OCc1ccccc1)N(Cc1ccccc1)[C@H]1CCc2nc(Cl)ccc2C1. The van der Waals surface area contributed by atoms with E-state index in [1.165, 1.54) is 0 Å². The van der Waals surface area contributed by atoms with Gasteiger partial charge in [-0.2, -0.15) is 0 Å². The van der Waals surface area contributed by atoms with Crippen molar-refractivity contribution in [3.63, 3.8) is 0 Å². The number of aryl methyl sites for hydroxylation is 1. The van der Waals surface area contributed by atoms with Crippen molar-refractivity contribution in [2.75, 3.05) is 0 Å². The first-order valence-electron chi connectivity index (χ1n) is 9.84. The van der Waals surface area contributed by atoms with Crippen molar-refractivity contribution in [1.82, 2.24) is 9.88 Å². The lowest BCUT2D eigenvalue weighted by molar-refractivity contribution is 0.0736. The van der Waals surface area contributed by atoms with Crippen LogP contribution in [0.25, 0.3) is 0 Å². The van der Waals surface area contributed by atoms with Crippen molar-refractivity contribution in [3.05, 3.63) is 100 Å². The molecular weight excluding hydrogens is 384 g/mol. The molecule has 0 aliphatic heterocycles. The second-order valence-electron chi connectivity index (χ2n) is 7.29. The van der Waals surface area contributed by atoms with E-state index in [2.05, 4.69) is 4.98 Å². The van der Waals surface area contributed by atoms with Crippen LogP contribution < -0.4 is 0 Å². The van der Waals surface area contributed by atoms with E-state index in [-0.39, 0.29) is 18.7 Å². The highest BCUT2D eigenvalue weighted by Crippen LogP contribution is 2.26. The smallest absolute Gasteiger partial charge is 0.410 e. The second-order valence-corrected chi connectivity index (χ2v) is 7.68. The summed E-state index contributed by atoms with van der Waals surface area (Å²) in [6.45, 7) is 0.793. The van der Waals surface area contributed by atoms with E-state index >= 15 is 0 Å². The molecular formula is C24H23ClN2O2. The molecule has 29 heavy (non-hydrogen) atoms. The third-order valence-electron chi connectivity index (χ3n) is 5.28. The molecule has 0 fully saturated rings. The highest BCUT2D eigenvalue weighted by atomic mass is 35.5. The summed E-state index contributed by atoms with van der Waals surface area (Å²) in [7, 11) is 0. The number of halogens is 1. The number of pyridine rings is 1. The van der Waals surface area contributed by atoms with E-state index < -0.39 is 0 Å². The Balaban J connectivity index is 1.51. The number of carbonyl (C=O) groups excluding carboxylic acids is 1. The number of hydrogen-bond acceptors (Lipinski definition) is 3. The Morgan fingerprint density at radius 1 is 1.00 bits per heavy atom. The molecule has 0 saturated carbocycles. The van der Waals surface area contributed by atoms with Gasteiger partial charge in [-0.1, -0.05) is 78.3 Å². The fourth-order valence-corrected chi connectivity index (χ4v) is 3.92. The molecule has 1 atom stereocenters. The van der Waals surface area contributed by atoms with Crippen LogP contribution in [0, 0.1) is 0 Å². The molecule has 2 aromatic carbocycles. The summed E-state index contributed by atoms with van der Waals surface area (Å²) in [4.78, 5) is 19.4. The average molecular weight is 407 g/mol. The van der Waals surface area contributed by atoms with Crippen LogP contribution in [0.15, 0.2) is 72.8 Å². The topological polar surface area (TPSA) is 42.4 Å². The van der Waals surface area contributed by atoms with Crippen molar-refractivity contribution in [2.24, 2.45) is 0 Å². The number of ether oxygens (including phenoxy) is 1. The number of rotatable bonds is 5. The first-order chi connectivity index (χ1) is 14.2. The molecule has 3 aromatic rings. The lowest BCUT2D eigenvalue weighted by Gasteiger charge is -2.34. The fraction of sp³-hybridized carbons (Fsp3) is 0.250. The van der Waals surface area contributed by atoms with Crippen LogP contribution in [0.5, 0.6) is 0 Å². The van der Waals surface area contributed by atoms with Crippen molar-refractivity contribution in [1.29, 1.82) is 0 Å². The van der Waals surface area contributed by atoms with Gasteiger partial charge in [0.05, 0.1) is 0 Å². The van der Waals surface area contributed by atoms with E-state index in [4.69, 9.17) is 16.3 Å². The Morgan fingerprint density at radius 3 is 2.41 bits per heavy atom. The largest absolute Gasteiger partial charge is 0.445 e. The summed E-state index contributed by atoms with van der Waals surface area (Å²) in [5, 5.41) is 0.519. The monoisotopic (exact) mass is 406 g/mol. The maximum Gasteiger partial charge on any atom is 0.410 e. The maximum atomic E-state index is 13.1. The molecule has 148 valence electrons. The third-order valence-corrected chi connectivity index (χ3v) is 5.49. The minimum atomic E-state index is -0.284. The molecule has 0 radical (unpaired) electrons. The van der Waals surface area contributed by atoms with E-state index in [9.17, 15) is 4.79 Å². The number of fused-ring (bicyclic) bond motifs is 1. The van der Waals surface area contributed by atoms with Crippen molar-refractivity contribution in [2.45, 2.75) is 38.5 Å². The fourth-order valence-electron chi connectivity index (χ4n) is 3.76. The Kier molecular flexibility index (Phi) is 6.11. The summed E-state index contributed by atoms with van der Waals surface area (Å²) < 4.78 is 5.67. The number of nitrogens with zero attached hydrogens (tertiary/aromatic N) is 2. The van der Waals surface area contributed by atoms with Crippen LogP contribution in [0.3, 0.4) is 0 Å². The minimum absolute atomic E-state index is 0.0638. The van der Waals surface area contributed by atoms with Gasteiger partial charge in [-0.25, -0.2) is 9.78 Å². The molecule has 4 rings (SSSR count). The standard InChI is InChI=1S/C24H23ClN2O2/c25-23-14-11-20-15-21(12-13-22(20)26-23)27(16-18-7-3-1-4-8-18)24(28)29-17-19-9-5-2-6-10-19/h1-11,14,21H,12-13,15-17H2/t21-/m0/s1. The van der Waals surface area contributed by atoms with Crippen molar-refractivity contribution >= 4 is 17.7 Å². The van der Waals surface area contributed by atoms with E-state index in [0.29, 0.717) is 11.7 Å². The van der Waals surface area contributed by atoms with E-state index in [1.807, 2.05) is 77.7 Å². The zero-order chi connectivity index (χ0) is 20.1. The summed E-state index contributed by atoms with van der Waals surface area (Å²) in [5.41, 5.74) is 4.25. The van der Waals surface area contributed by atoms with Crippen LogP contribution in [0.1, 0.15) is 28.8 Å². The van der Waals surface area contributed by atoms with Crippen LogP contribution in [-0.4, -0.2) is 22.0 Å². The Labute approximate surface area is 176 Å². The van der Waals surface area contributed by atoms with Gasteiger partial charge in [0.2, 0.25) is 0 Å². The Bertz CT molecular complexity index is 963. The van der Waals surface area contributed by atoms with E-state index in [0.717, 1.165) is 41.6 Å². The molecule has 1 aliphatic carbocycles. The summed E-state index contributed by atoms with van der Waals surface area (Å²) in [6, 6.07) is 23.7. The van der Waals surface area contributed by atoms with Gasteiger partial charge < -0.3 is 9.64 Å².